The summed E-state index contributed by atoms with van der Waals surface area (Å²) in [6.07, 6.45) is -0.0334. The van der Waals surface area contributed by atoms with E-state index in [1.54, 1.807) is 38.1 Å². The van der Waals surface area contributed by atoms with Crippen molar-refractivity contribution >= 4 is 16.8 Å². The average Bonchev–Trinajstić information content (AvgIpc) is 2.68. The van der Waals surface area contributed by atoms with Gasteiger partial charge in [0, 0.05) is 18.2 Å². The van der Waals surface area contributed by atoms with Gasteiger partial charge in [-0.25, -0.2) is 13.6 Å². The van der Waals surface area contributed by atoms with Gasteiger partial charge in [0.1, 0.15) is 18.2 Å². The number of carbonyl (C=O) groups excluding carboxylic acids is 1. The normalized spacial score (nSPS) is 12.1. The molecule has 6 nitrogen and oxygen atoms in total. The van der Waals surface area contributed by atoms with Crippen LogP contribution in [-0.2, 0) is 24.3 Å². The molecule has 1 unspecified atom stereocenters. The summed E-state index contributed by atoms with van der Waals surface area (Å²) in [4.78, 5) is 37.6. The lowest BCUT2D eigenvalue weighted by molar-refractivity contribution is -0.122. The number of rotatable bonds is 6. The average molecular weight is 401 g/mol. The molecule has 1 N–H and O–H groups in total. The Bertz CT molecular complexity index is 1160. The predicted molar refractivity (Wildman–Crippen MR) is 106 cm³/mol. The molecular formula is C21H21F2N3O3. The molecule has 29 heavy (non-hydrogen) atoms. The molecule has 152 valence electrons. The Labute approximate surface area is 165 Å². The van der Waals surface area contributed by atoms with Crippen molar-refractivity contribution in [1.29, 1.82) is 0 Å². The number of hydrogen-bond donors (Lipinski definition) is 1. The number of hydrogen-bond acceptors (Lipinski definition) is 3. The zero-order chi connectivity index (χ0) is 21.1. The van der Waals surface area contributed by atoms with Crippen molar-refractivity contribution in [2.24, 2.45) is 0 Å². The number of carbonyl (C=O) groups is 1. The van der Waals surface area contributed by atoms with Crippen LogP contribution < -0.4 is 16.6 Å². The third-order valence-electron chi connectivity index (χ3n) is 4.73. The number of nitrogens with one attached hydrogen (secondary N) is 1. The van der Waals surface area contributed by atoms with Crippen molar-refractivity contribution in [1.82, 2.24) is 14.5 Å². The molecule has 3 aromatic rings. The standard InChI is InChI=1S/C21H21F2N3O3/c1-3-25-20(28)14-7-4-5-10-18(14)26(21(25)29)12-19(27)24-13(2)11-15-16(22)8-6-9-17(15)23/h4-10,13H,3,11-12H2,1-2H3,(H,24,27). The first-order valence-electron chi connectivity index (χ1n) is 9.28. The second kappa shape index (κ2) is 8.38. The van der Waals surface area contributed by atoms with E-state index >= 15 is 0 Å². The number of benzene rings is 2. The van der Waals surface area contributed by atoms with E-state index in [0.29, 0.717) is 10.9 Å². The molecule has 0 radical (unpaired) electrons. The van der Waals surface area contributed by atoms with E-state index in [9.17, 15) is 23.2 Å². The Hall–Kier alpha value is -3.29. The maximum absolute atomic E-state index is 13.8. The highest BCUT2D eigenvalue weighted by Gasteiger charge is 2.17. The first-order chi connectivity index (χ1) is 13.8. The smallest absolute Gasteiger partial charge is 0.331 e. The van der Waals surface area contributed by atoms with Gasteiger partial charge in [-0.05, 0) is 44.5 Å². The summed E-state index contributed by atoms with van der Waals surface area (Å²) >= 11 is 0. The first-order valence-corrected chi connectivity index (χ1v) is 9.28. The van der Waals surface area contributed by atoms with Gasteiger partial charge in [-0.1, -0.05) is 18.2 Å². The topological polar surface area (TPSA) is 73.1 Å². The summed E-state index contributed by atoms with van der Waals surface area (Å²) in [5.41, 5.74) is -0.745. The third kappa shape index (κ3) is 4.11. The molecule has 2 aromatic carbocycles. The fraction of sp³-hybridized carbons (Fsp3) is 0.286. The van der Waals surface area contributed by atoms with Gasteiger partial charge in [-0.2, -0.15) is 0 Å². The zero-order valence-corrected chi connectivity index (χ0v) is 16.1. The van der Waals surface area contributed by atoms with Gasteiger partial charge in [0.25, 0.3) is 5.56 Å². The van der Waals surface area contributed by atoms with E-state index in [1.807, 2.05) is 0 Å². The molecule has 8 heteroatoms. The molecule has 1 atom stereocenters. The van der Waals surface area contributed by atoms with Crippen molar-refractivity contribution in [3.63, 3.8) is 0 Å². The summed E-state index contributed by atoms with van der Waals surface area (Å²) in [5, 5.41) is 2.99. The van der Waals surface area contributed by atoms with Gasteiger partial charge in [0.15, 0.2) is 0 Å². The van der Waals surface area contributed by atoms with E-state index in [-0.39, 0.29) is 25.1 Å². The van der Waals surface area contributed by atoms with E-state index in [0.717, 1.165) is 16.7 Å². The molecule has 0 fully saturated rings. The van der Waals surface area contributed by atoms with Gasteiger partial charge >= 0.3 is 5.69 Å². The van der Waals surface area contributed by atoms with Crippen LogP contribution in [0, 0.1) is 11.6 Å². The monoisotopic (exact) mass is 401 g/mol. The summed E-state index contributed by atoms with van der Waals surface area (Å²) < 4.78 is 29.9. The summed E-state index contributed by atoms with van der Waals surface area (Å²) in [5.74, 6) is -1.85. The van der Waals surface area contributed by atoms with Crippen LogP contribution in [0.1, 0.15) is 19.4 Å². The van der Waals surface area contributed by atoms with Gasteiger partial charge in [0.2, 0.25) is 5.91 Å². The van der Waals surface area contributed by atoms with Crippen LogP contribution in [0.5, 0.6) is 0 Å². The Morgan fingerprint density at radius 2 is 1.69 bits per heavy atom. The van der Waals surface area contributed by atoms with Gasteiger partial charge in [-0.15, -0.1) is 0 Å². The number of fused-ring (bicyclic) bond motifs is 1. The van der Waals surface area contributed by atoms with Crippen molar-refractivity contribution in [2.45, 2.75) is 39.4 Å². The molecule has 0 saturated heterocycles. The van der Waals surface area contributed by atoms with Crippen LogP contribution >= 0.6 is 0 Å². The Kier molecular flexibility index (Phi) is 5.91. The molecule has 3 rings (SSSR count). The van der Waals surface area contributed by atoms with Crippen molar-refractivity contribution in [3.8, 4) is 0 Å². The highest BCUT2D eigenvalue weighted by molar-refractivity contribution is 5.81. The quantitative estimate of drug-likeness (QED) is 0.688. The van der Waals surface area contributed by atoms with Crippen molar-refractivity contribution in [3.05, 3.63) is 80.5 Å². The zero-order valence-electron chi connectivity index (χ0n) is 16.1. The fourth-order valence-electron chi connectivity index (χ4n) is 3.35. The molecule has 0 aliphatic heterocycles. The molecule has 0 aliphatic carbocycles. The third-order valence-corrected chi connectivity index (χ3v) is 4.73. The maximum Gasteiger partial charge on any atom is 0.331 e. The lowest BCUT2D eigenvalue weighted by Gasteiger charge is -2.17. The van der Waals surface area contributed by atoms with Crippen LogP contribution in [0.25, 0.3) is 10.9 Å². The molecule has 0 saturated carbocycles. The lowest BCUT2D eigenvalue weighted by atomic mass is 10.1. The molecule has 1 amide bonds. The second-order valence-electron chi connectivity index (χ2n) is 6.81. The number of nitrogens with zero attached hydrogens (tertiary/aromatic N) is 2. The number of para-hydroxylation sites is 1. The predicted octanol–water partition coefficient (Wildman–Crippen LogP) is 2.21. The number of halogens is 2. The Morgan fingerprint density at radius 1 is 1.03 bits per heavy atom. The maximum atomic E-state index is 13.8. The Balaban J connectivity index is 1.85. The lowest BCUT2D eigenvalue weighted by Crippen LogP contribution is -2.44. The van der Waals surface area contributed by atoms with Crippen LogP contribution in [-0.4, -0.2) is 21.1 Å². The van der Waals surface area contributed by atoms with Crippen LogP contribution in [0.15, 0.2) is 52.1 Å². The molecule has 0 spiro atoms. The van der Waals surface area contributed by atoms with E-state index in [2.05, 4.69) is 5.32 Å². The van der Waals surface area contributed by atoms with Gasteiger partial charge < -0.3 is 5.32 Å². The second-order valence-corrected chi connectivity index (χ2v) is 6.81. The highest BCUT2D eigenvalue weighted by Crippen LogP contribution is 2.14. The molecule has 0 bridgehead atoms. The largest absolute Gasteiger partial charge is 0.352 e. The Morgan fingerprint density at radius 3 is 2.34 bits per heavy atom. The summed E-state index contributed by atoms with van der Waals surface area (Å²) in [6.45, 7) is 3.15. The SMILES string of the molecule is CCn1c(=O)c2ccccc2n(CC(=O)NC(C)Cc2c(F)cccc2F)c1=O. The summed E-state index contributed by atoms with van der Waals surface area (Å²) in [7, 11) is 0. The minimum Gasteiger partial charge on any atom is -0.352 e. The minimum atomic E-state index is -0.677. The van der Waals surface area contributed by atoms with E-state index in [4.69, 9.17) is 0 Å². The van der Waals surface area contributed by atoms with Crippen LogP contribution in [0.2, 0.25) is 0 Å². The molecule has 1 aromatic heterocycles. The molecule has 0 aliphatic rings. The van der Waals surface area contributed by atoms with E-state index in [1.165, 1.54) is 10.6 Å². The highest BCUT2D eigenvalue weighted by atomic mass is 19.1. The number of aromatic nitrogens is 2. The molecular weight excluding hydrogens is 380 g/mol. The van der Waals surface area contributed by atoms with Gasteiger partial charge in [-0.3, -0.25) is 18.7 Å². The van der Waals surface area contributed by atoms with Crippen molar-refractivity contribution in [2.75, 3.05) is 0 Å². The van der Waals surface area contributed by atoms with E-state index < -0.39 is 34.8 Å². The minimum absolute atomic E-state index is 0.0334. The van der Waals surface area contributed by atoms with Crippen LogP contribution in [0.4, 0.5) is 8.78 Å². The van der Waals surface area contributed by atoms with Crippen LogP contribution in [0.3, 0.4) is 0 Å². The van der Waals surface area contributed by atoms with Crippen molar-refractivity contribution < 1.29 is 13.6 Å². The fourth-order valence-corrected chi connectivity index (χ4v) is 3.35. The molecule has 1 heterocycles. The number of amides is 1. The first kappa shape index (κ1) is 20.4. The summed E-state index contributed by atoms with van der Waals surface area (Å²) in [6, 6.07) is 9.59. The van der Waals surface area contributed by atoms with Gasteiger partial charge in [0.05, 0.1) is 10.9 Å².